The molecule has 0 aliphatic rings. The molecule has 0 saturated carbocycles. The van der Waals surface area contributed by atoms with E-state index in [2.05, 4.69) is 22.3 Å². The third-order valence-corrected chi connectivity index (χ3v) is 3.05. The normalized spacial score (nSPS) is 12.9. The molecule has 0 saturated heterocycles. The fourth-order valence-corrected chi connectivity index (χ4v) is 1.93. The topological polar surface area (TPSA) is 42.7 Å². The fourth-order valence-electron chi connectivity index (χ4n) is 1.36. The van der Waals surface area contributed by atoms with E-state index < -0.39 is 0 Å². The van der Waals surface area contributed by atoms with Crippen LogP contribution >= 0.6 is 11.3 Å². The summed E-state index contributed by atoms with van der Waals surface area (Å²) in [6, 6.07) is 0.308. The molecule has 1 atom stereocenters. The molecule has 2 aromatic rings. The van der Waals surface area contributed by atoms with Crippen LogP contribution in [0.5, 0.6) is 0 Å². The highest BCUT2D eigenvalue weighted by Crippen LogP contribution is 2.12. The van der Waals surface area contributed by atoms with Crippen molar-refractivity contribution < 1.29 is 0 Å². The van der Waals surface area contributed by atoms with Gasteiger partial charge in [0.05, 0.1) is 6.20 Å². The molecule has 15 heavy (non-hydrogen) atoms. The van der Waals surface area contributed by atoms with Crippen LogP contribution < -0.4 is 5.32 Å². The van der Waals surface area contributed by atoms with E-state index in [1.165, 1.54) is 5.56 Å². The maximum Gasteiger partial charge on any atom is 0.106 e. The second-order valence-electron chi connectivity index (χ2n) is 3.48. The summed E-state index contributed by atoms with van der Waals surface area (Å²) in [5.41, 5.74) is 1.20. The van der Waals surface area contributed by atoms with E-state index in [1.54, 1.807) is 11.3 Å². The van der Waals surface area contributed by atoms with Gasteiger partial charge in [0.15, 0.2) is 0 Å². The summed E-state index contributed by atoms with van der Waals surface area (Å²) in [4.78, 5) is 4.22. The van der Waals surface area contributed by atoms with E-state index >= 15 is 0 Å². The fraction of sp³-hybridized carbons (Fsp3) is 0.400. The Morgan fingerprint density at radius 2 is 2.47 bits per heavy atom. The third kappa shape index (κ3) is 2.64. The number of nitrogens with zero attached hydrogens (tertiary/aromatic N) is 3. The number of thiazole rings is 1. The molecule has 0 fully saturated rings. The van der Waals surface area contributed by atoms with Gasteiger partial charge in [-0.3, -0.25) is 4.68 Å². The molecule has 0 radical (unpaired) electrons. The van der Waals surface area contributed by atoms with Crippen molar-refractivity contribution in [2.45, 2.75) is 19.5 Å². The minimum absolute atomic E-state index is 0.308. The summed E-state index contributed by atoms with van der Waals surface area (Å²) in [6.45, 7) is 2.94. The molecule has 0 spiro atoms. The van der Waals surface area contributed by atoms with Crippen LogP contribution in [0.4, 0.5) is 0 Å². The van der Waals surface area contributed by atoms with Gasteiger partial charge in [-0.25, -0.2) is 4.98 Å². The predicted molar refractivity (Wildman–Crippen MR) is 60.6 cm³/mol. The van der Waals surface area contributed by atoms with Crippen molar-refractivity contribution in [3.05, 3.63) is 34.5 Å². The van der Waals surface area contributed by atoms with Gasteiger partial charge in [0.2, 0.25) is 0 Å². The van der Waals surface area contributed by atoms with Gasteiger partial charge in [0.1, 0.15) is 5.01 Å². The first-order valence-corrected chi connectivity index (χ1v) is 5.74. The second kappa shape index (κ2) is 4.55. The van der Waals surface area contributed by atoms with Gasteiger partial charge >= 0.3 is 0 Å². The summed E-state index contributed by atoms with van der Waals surface area (Å²) >= 11 is 1.67. The average molecular weight is 222 g/mol. The smallest absolute Gasteiger partial charge is 0.106 e. The lowest BCUT2D eigenvalue weighted by Crippen LogP contribution is -2.17. The Bertz CT molecular complexity index is 407. The third-order valence-electron chi connectivity index (χ3n) is 2.27. The van der Waals surface area contributed by atoms with Crippen LogP contribution in [-0.2, 0) is 13.6 Å². The van der Waals surface area contributed by atoms with Crippen molar-refractivity contribution >= 4 is 11.3 Å². The zero-order valence-electron chi connectivity index (χ0n) is 8.84. The molecule has 0 aliphatic carbocycles. The van der Waals surface area contributed by atoms with Gasteiger partial charge in [-0.15, -0.1) is 11.3 Å². The van der Waals surface area contributed by atoms with E-state index in [0.29, 0.717) is 6.04 Å². The molecule has 1 unspecified atom stereocenters. The standard InChI is InChI=1S/C10H14N4S/c1-8(9-5-13-14(2)7-9)12-6-10-11-3-4-15-10/h3-5,7-8,12H,6H2,1-2H3. The summed E-state index contributed by atoms with van der Waals surface area (Å²) in [6.07, 6.45) is 5.75. The Labute approximate surface area is 93.0 Å². The van der Waals surface area contributed by atoms with E-state index in [9.17, 15) is 0 Å². The highest BCUT2D eigenvalue weighted by Gasteiger charge is 2.07. The predicted octanol–water partition coefficient (Wildman–Crippen LogP) is 1.73. The molecule has 2 heterocycles. The molecule has 2 rings (SSSR count). The zero-order valence-corrected chi connectivity index (χ0v) is 9.66. The van der Waals surface area contributed by atoms with Crippen LogP contribution in [0.3, 0.4) is 0 Å². The van der Waals surface area contributed by atoms with Crippen molar-refractivity contribution in [3.63, 3.8) is 0 Å². The van der Waals surface area contributed by atoms with Crippen LogP contribution in [0.15, 0.2) is 24.0 Å². The summed E-state index contributed by atoms with van der Waals surface area (Å²) in [7, 11) is 1.93. The Morgan fingerprint density at radius 1 is 1.60 bits per heavy atom. The average Bonchev–Trinajstić information content (AvgIpc) is 2.84. The van der Waals surface area contributed by atoms with Crippen LogP contribution in [0, 0.1) is 0 Å². The summed E-state index contributed by atoms with van der Waals surface area (Å²) < 4.78 is 1.82. The maximum absolute atomic E-state index is 4.22. The van der Waals surface area contributed by atoms with Crippen LogP contribution in [0.1, 0.15) is 23.5 Å². The molecule has 0 aliphatic heterocycles. The number of aryl methyl sites for hydroxylation is 1. The number of rotatable bonds is 4. The van der Waals surface area contributed by atoms with E-state index in [0.717, 1.165) is 11.6 Å². The van der Waals surface area contributed by atoms with Gasteiger partial charge < -0.3 is 5.32 Å². The Kier molecular flexibility index (Phi) is 3.13. The Hall–Kier alpha value is -1.20. The van der Waals surface area contributed by atoms with E-state index in [-0.39, 0.29) is 0 Å². The molecule has 80 valence electrons. The number of nitrogens with one attached hydrogen (secondary N) is 1. The lowest BCUT2D eigenvalue weighted by molar-refractivity contribution is 0.572. The molecular weight excluding hydrogens is 208 g/mol. The summed E-state index contributed by atoms with van der Waals surface area (Å²) in [5, 5.41) is 10.7. The van der Waals surface area contributed by atoms with E-state index in [1.807, 2.05) is 35.7 Å². The van der Waals surface area contributed by atoms with Crippen molar-refractivity contribution in [1.82, 2.24) is 20.1 Å². The quantitative estimate of drug-likeness (QED) is 0.856. The number of hydrogen-bond donors (Lipinski definition) is 1. The monoisotopic (exact) mass is 222 g/mol. The molecule has 1 N–H and O–H groups in total. The second-order valence-corrected chi connectivity index (χ2v) is 4.45. The van der Waals surface area contributed by atoms with Gasteiger partial charge in [0, 0.05) is 43.0 Å². The molecule has 2 aromatic heterocycles. The Morgan fingerprint density at radius 3 is 3.07 bits per heavy atom. The number of hydrogen-bond acceptors (Lipinski definition) is 4. The van der Waals surface area contributed by atoms with Gasteiger partial charge in [-0.1, -0.05) is 0 Å². The van der Waals surface area contributed by atoms with Crippen molar-refractivity contribution in [1.29, 1.82) is 0 Å². The van der Waals surface area contributed by atoms with Crippen LogP contribution in [0.25, 0.3) is 0 Å². The van der Waals surface area contributed by atoms with Crippen molar-refractivity contribution in [2.75, 3.05) is 0 Å². The number of aromatic nitrogens is 3. The minimum Gasteiger partial charge on any atom is -0.304 e. The summed E-state index contributed by atoms with van der Waals surface area (Å²) in [5.74, 6) is 0. The molecule has 0 aromatic carbocycles. The van der Waals surface area contributed by atoms with Gasteiger partial charge in [-0.2, -0.15) is 5.10 Å². The highest BCUT2D eigenvalue weighted by atomic mass is 32.1. The minimum atomic E-state index is 0.308. The lowest BCUT2D eigenvalue weighted by Gasteiger charge is -2.09. The molecule has 5 heteroatoms. The van der Waals surface area contributed by atoms with Crippen LogP contribution in [-0.4, -0.2) is 14.8 Å². The van der Waals surface area contributed by atoms with Crippen LogP contribution in [0.2, 0.25) is 0 Å². The first-order valence-electron chi connectivity index (χ1n) is 4.86. The van der Waals surface area contributed by atoms with Gasteiger partial charge in [0.25, 0.3) is 0 Å². The molecule has 4 nitrogen and oxygen atoms in total. The first-order chi connectivity index (χ1) is 7.25. The molecular formula is C10H14N4S. The van der Waals surface area contributed by atoms with Crippen molar-refractivity contribution in [2.24, 2.45) is 7.05 Å². The largest absolute Gasteiger partial charge is 0.304 e. The maximum atomic E-state index is 4.22. The Balaban J connectivity index is 1.90. The lowest BCUT2D eigenvalue weighted by atomic mass is 10.2. The molecule has 0 amide bonds. The SMILES string of the molecule is CC(NCc1nccs1)c1cnn(C)c1. The van der Waals surface area contributed by atoms with E-state index in [4.69, 9.17) is 0 Å². The first kappa shape index (κ1) is 10.3. The van der Waals surface area contributed by atoms with Crippen molar-refractivity contribution in [3.8, 4) is 0 Å². The zero-order chi connectivity index (χ0) is 10.7. The van der Waals surface area contributed by atoms with Gasteiger partial charge in [-0.05, 0) is 6.92 Å². The highest BCUT2D eigenvalue weighted by molar-refractivity contribution is 7.09. The molecule has 0 bridgehead atoms.